The van der Waals surface area contributed by atoms with Crippen molar-refractivity contribution in [2.24, 2.45) is 0 Å². The van der Waals surface area contributed by atoms with Crippen LogP contribution in [0.25, 0.3) is 0 Å². The van der Waals surface area contributed by atoms with Gasteiger partial charge in [-0.3, -0.25) is 0 Å². The van der Waals surface area contributed by atoms with Crippen LogP contribution >= 0.6 is 0 Å². The van der Waals surface area contributed by atoms with Gasteiger partial charge >= 0.3 is 0 Å². The van der Waals surface area contributed by atoms with E-state index in [1.807, 2.05) is 13.0 Å². The highest BCUT2D eigenvalue weighted by Crippen LogP contribution is 2.25. The first-order chi connectivity index (χ1) is 9.62. The lowest BCUT2D eigenvalue weighted by Gasteiger charge is -2.21. The molecule has 0 aromatic heterocycles. The van der Waals surface area contributed by atoms with E-state index in [0.29, 0.717) is 0 Å². The number of rotatable bonds is 9. The highest BCUT2D eigenvalue weighted by molar-refractivity contribution is 5.31. The molecule has 1 aromatic rings. The molecule has 114 valence electrons. The molecule has 0 fully saturated rings. The summed E-state index contributed by atoms with van der Waals surface area (Å²) in [6, 6.07) is 5.31. The van der Waals surface area contributed by atoms with E-state index in [0.717, 1.165) is 31.4 Å². The first kappa shape index (κ1) is 16.9. The molecule has 1 N–H and O–H groups in total. The average Bonchev–Trinajstić information content (AvgIpc) is 2.47. The minimum Gasteiger partial charge on any atom is -0.494 e. The topological polar surface area (TPSA) is 30.5 Å². The van der Waals surface area contributed by atoms with E-state index in [1.54, 1.807) is 19.2 Å². The molecule has 0 radical (unpaired) electrons. The zero-order chi connectivity index (χ0) is 15.0. The van der Waals surface area contributed by atoms with E-state index in [9.17, 15) is 4.39 Å². The molecule has 0 aliphatic heterocycles. The fourth-order valence-electron chi connectivity index (χ4n) is 2.12. The Morgan fingerprint density at radius 3 is 2.55 bits per heavy atom. The van der Waals surface area contributed by atoms with Gasteiger partial charge in [0.2, 0.25) is 0 Å². The maximum Gasteiger partial charge on any atom is 0.165 e. The van der Waals surface area contributed by atoms with Crippen molar-refractivity contribution in [1.82, 2.24) is 5.32 Å². The molecular weight excluding hydrogens is 257 g/mol. The molecule has 1 rings (SSSR count). The molecular formula is C16H26FNO2. The van der Waals surface area contributed by atoms with E-state index in [4.69, 9.17) is 9.47 Å². The number of nitrogens with one attached hydrogen (secondary N) is 1. The fraction of sp³-hybridized carbons (Fsp3) is 0.625. The Balaban J connectivity index is 2.78. The molecule has 1 aromatic carbocycles. The van der Waals surface area contributed by atoms with Crippen molar-refractivity contribution in [3.63, 3.8) is 0 Å². The van der Waals surface area contributed by atoms with Crippen LogP contribution in [0, 0.1) is 5.82 Å². The molecule has 0 saturated heterocycles. The van der Waals surface area contributed by atoms with E-state index < -0.39 is 0 Å². The molecule has 0 saturated carbocycles. The molecule has 20 heavy (non-hydrogen) atoms. The number of ether oxygens (including phenoxy) is 2. The number of halogens is 1. The summed E-state index contributed by atoms with van der Waals surface area (Å²) in [7, 11) is 3.19. The third-order valence-corrected chi connectivity index (χ3v) is 3.48. The lowest BCUT2D eigenvalue weighted by atomic mass is 10.00. The normalized spacial score (nSPS) is 14.1. The first-order valence-electron chi connectivity index (χ1n) is 7.22. The van der Waals surface area contributed by atoms with Crippen LogP contribution in [0.2, 0.25) is 0 Å². The third-order valence-electron chi connectivity index (χ3n) is 3.48. The van der Waals surface area contributed by atoms with Crippen molar-refractivity contribution < 1.29 is 13.9 Å². The predicted molar refractivity (Wildman–Crippen MR) is 79.7 cm³/mol. The molecule has 0 spiro atoms. The monoisotopic (exact) mass is 283 g/mol. The average molecular weight is 283 g/mol. The van der Waals surface area contributed by atoms with Gasteiger partial charge in [0.15, 0.2) is 11.6 Å². The van der Waals surface area contributed by atoms with Gasteiger partial charge in [0.05, 0.1) is 13.2 Å². The molecule has 0 amide bonds. The van der Waals surface area contributed by atoms with E-state index in [2.05, 4.69) is 12.2 Å². The second kappa shape index (κ2) is 8.93. The standard InChI is InChI=1S/C16H26FNO2/c1-5-10-18-15(8-6-12(2)19-3)13-7-9-16(20-4)14(17)11-13/h7,9,11-12,15,18H,5-6,8,10H2,1-4H3. The van der Waals surface area contributed by atoms with E-state index in [-0.39, 0.29) is 23.7 Å². The van der Waals surface area contributed by atoms with Crippen LogP contribution in [0.5, 0.6) is 5.75 Å². The van der Waals surface area contributed by atoms with Gasteiger partial charge in [-0.2, -0.15) is 0 Å². The molecule has 3 nitrogen and oxygen atoms in total. The Morgan fingerprint density at radius 2 is 2.00 bits per heavy atom. The minimum atomic E-state index is -0.312. The number of hydrogen-bond donors (Lipinski definition) is 1. The SMILES string of the molecule is CCCNC(CCC(C)OC)c1ccc(OC)c(F)c1. The van der Waals surface area contributed by atoms with E-state index >= 15 is 0 Å². The van der Waals surface area contributed by atoms with Crippen LogP contribution in [0.3, 0.4) is 0 Å². The summed E-state index contributed by atoms with van der Waals surface area (Å²) in [5.41, 5.74) is 0.958. The largest absolute Gasteiger partial charge is 0.494 e. The summed E-state index contributed by atoms with van der Waals surface area (Å²) in [6.45, 7) is 5.08. The summed E-state index contributed by atoms with van der Waals surface area (Å²) in [5.74, 6) is -0.0265. The Bertz CT molecular complexity index is 398. The van der Waals surface area contributed by atoms with Crippen LogP contribution < -0.4 is 10.1 Å². The molecule has 0 heterocycles. The van der Waals surface area contributed by atoms with Crippen LogP contribution in [-0.4, -0.2) is 26.9 Å². The van der Waals surface area contributed by atoms with Gasteiger partial charge in [0.25, 0.3) is 0 Å². The van der Waals surface area contributed by atoms with Crippen LogP contribution in [0.15, 0.2) is 18.2 Å². The summed E-state index contributed by atoms with van der Waals surface area (Å²) >= 11 is 0. The number of methoxy groups -OCH3 is 2. The van der Waals surface area contributed by atoms with Crippen molar-refractivity contribution in [1.29, 1.82) is 0 Å². The Labute approximate surface area is 121 Å². The fourth-order valence-corrected chi connectivity index (χ4v) is 2.12. The van der Waals surface area contributed by atoms with Crippen LogP contribution in [0.4, 0.5) is 4.39 Å². The summed E-state index contributed by atoms with van der Waals surface area (Å²) < 4.78 is 24.1. The van der Waals surface area contributed by atoms with Crippen molar-refractivity contribution >= 4 is 0 Å². The van der Waals surface area contributed by atoms with Gasteiger partial charge in [-0.05, 0) is 50.4 Å². The van der Waals surface area contributed by atoms with Gasteiger partial charge in [-0.25, -0.2) is 4.39 Å². The van der Waals surface area contributed by atoms with Crippen LogP contribution in [-0.2, 0) is 4.74 Å². The second-order valence-corrected chi connectivity index (χ2v) is 5.02. The smallest absolute Gasteiger partial charge is 0.165 e. The van der Waals surface area contributed by atoms with Crippen molar-refractivity contribution in [3.05, 3.63) is 29.6 Å². The zero-order valence-electron chi connectivity index (χ0n) is 12.9. The van der Waals surface area contributed by atoms with Crippen molar-refractivity contribution in [3.8, 4) is 5.75 Å². The van der Waals surface area contributed by atoms with Gasteiger partial charge in [0.1, 0.15) is 0 Å². The quantitative estimate of drug-likeness (QED) is 0.749. The lowest BCUT2D eigenvalue weighted by Crippen LogP contribution is -2.23. The Morgan fingerprint density at radius 1 is 1.25 bits per heavy atom. The predicted octanol–water partition coefficient (Wildman–Crippen LogP) is 3.69. The zero-order valence-corrected chi connectivity index (χ0v) is 12.9. The maximum atomic E-state index is 13.8. The Kier molecular flexibility index (Phi) is 7.55. The highest BCUT2D eigenvalue weighted by Gasteiger charge is 2.14. The highest BCUT2D eigenvalue weighted by atomic mass is 19.1. The first-order valence-corrected chi connectivity index (χ1v) is 7.22. The second-order valence-electron chi connectivity index (χ2n) is 5.02. The molecule has 0 aliphatic carbocycles. The lowest BCUT2D eigenvalue weighted by molar-refractivity contribution is 0.106. The summed E-state index contributed by atoms with van der Waals surface area (Å²) in [4.78, 5) is 0. The number of benzene rings is 1. The Hall–Kier alpha value is -1.13. The molecule has 4 heteroatoms. The molecule has 0 bridgehead atoms. The molecule has 2 unspecified atom stereocenters. The maximum absolute atomic E-state index is 13.8. The molecule has 0 aliphatic rings. The van der Waals surface area contributed by atoms with Crippen LogP contribution in [0.1, 0.15) is 44.7 Å². The molecule has 2 atom stereocenters. The van der Waals surface area contributed by atoms with Crippen molar-refractivity contribution in [2.75, 3.05) is 20.8 Å². The van der Waals surface area contributed by atoms with Gasteiger partial charge in [-0.1, -0.05) is 13.0 Å². The van der Waals surface area contributed by atoms with Gasteiger partial charge in [0, 0.05) is 13.2 Å². The number of hydrogen-bond acceptors (Lipinski definition) is 3. The summed E-state index contributed by atoms with van der Waals surface area (Å²) in [6.07, 6.45) is 3.12. The summed E-state index contributed by atoms with van der Waals surface area (Å²) in [5, 5.41) is 3.47. The van der Waals surface area contributed by atoms with E-state index in [1.165, 1.54) is 7.11 Å². The van der Waals surface area contributed by atoms with Crippen molar-refractivity contribution in [2.45, 2.75) is 45.3 Å². The van der Waals surface area contributed by atoms with Gasteiger partial charge in [-0.15, -0.1) is 0 Å². The van der Waals surface area contributed by atoms with Gasteiger partial charge < -0.3 is 14.8 Å². The minimum absolute atomic E-state index is 0.146. The third kappa shape index (κ3) is 5.10.